The van der Waals surface area contributed by atoms with Gasteiger partial charge in [0.15, 0.2) is 0 Å². The predicted molar refractivity (Wildman–Crippen MR) is 93.4 cm³/mol. The fourth-order valence-electron chi connectivity index (χ4n) is 2.75. The quantitative estimate of drug-likeness (QED) is 0.764. The highest BCUT2D eigenvalue weighted by Gasteiger charge is 2.16. The number of hydrogen-bond acceptors (Lipinski definition) is 4. The Bertz CT molecular complexity index is 1010. The summed E-state index contributed by atoms with van der Waals surface area (Å²) in [5.74, 6) is 0.287. The summed E-state index contributed by atoms with van der Waals surface area (Å²) in [5.41, 5.74) is -0.391. The summed E-state index contributed by atoms with van der Waals surface area (Å²) in [4.78, 5) is 37.6. The third-order valence-electron chi connectivity index (χ3n) is 3.94. The first-order valence-electron chi connectivity index (χ1n) is 8.02. The molecule has 2 aromatic heterocycles. The van der Waals surface area contributed by atoms with Gasteiger partial charge in [-0.3, -0.25) is 18.7 Å². The number of benzene rings is 1. The molecule has 0 aliphatic rings. The number of carbonyl (C=O) groups is 1. The predicted octanol–water partition coefficient (Wildman–Crippen LogP) is 1.65. The van der Waals surface area contributed by atoms with Crippen LogP contribution in [0.3, 0.4) is 0 Å². The number of nitrogens with zero attached hydrogens (tertiary/aromatic N) is 2. The lowest BCUT2D eigenvalue weighted by Gasteiger charge is -2.15. The SMILES string of the molecule is CC(C)n1c(=O)c2ccccc2n(CC(=O)NCc2ccco2)c1=O. The van der Waals surface area contributed by atoms with Crippen LogP contribution in [-0.2, 0) is 17.9 Å². The van der Waals surface area contributed by atoms with Crippen LogP contribution in [0.5, 0.6) is 0 Å². The summed E-state index contributed by atoms with van der Waals surface area (Å²) in [6, 6.07) is 9.98. The van der Waals surface area contributed by atoms with Gasteiger partial charge in [0.25, 0.3) is 5.56 Å². The molecule has 3 aromatic rings. The van der Waals surface area contributed by atoms with Gasteiger partial charge in [0.1, 0.15) is 12.3 Å². The second-order valence-corrected chi connectivity index (χ2v) is 6.01. The number of nitrogens with one attached hydrogen (secondary N) is 1. The van der Waals surface area contributed by atoms with Gasteiger partial charge < -0.3 is 9.73 Å². The molecule has 0 aliphatic carbocycles. The van der Waals surface area contributed by atoms with Crippen molar-refractivity contribution in [3.63, 3.8) is 0 Å². The van der Waals surface area contributed by atoms with E-state index < -0.39 is 5.69 Å². The molecule has 3 rings (SSSR count). The van der Waals surface area contributed by atoms with Crippen LogP contribution in [0.1, 0.15) is 25.6 Å². The zero-order valence-corrected chi connectivity index (χ0v) is 14.1. The van der Waals surface area contributed by atoms with Crippen molar-refractivity contribution in [1.29, 1.82) is 0 Å². The number of hydrogen-bond donors (Lipinski definition) is 1. The molecule has 0 saturated carbocycles. The number of fused-ring (bicyclic) bond motifs is 1. The zero-order valence-electron chi connectivity index (χ0n) is 14.1. The van der Waals surface area contributed by atoms with Crippen molar-refractivity contribution in [2.24, 2.45) is 0 Å². The van der Waals surface area contributed by atoms with Gasteiger partial charge in [-0.05, 0) is 38.1 Å². The van der Waals surface area contributed by atoms with Crippen LogP contribution in [0.25, 0.3) is 10.9 Å². The highest BCUT2D eigenvalue weighted by atomic mass is 16.3. The summed E-state index contributed by atoms with van der Waals surface area (Å²) in [6.07, 6.45) is 1.53. The Morgan fingerprint density at radius 1 is 1.16 bits per heavy atom. The Hall–Kier alpha value is -3.09. The smallest absolute Gasteiger partial charge is 0.332 e. The van der Waals surface area contributed by atoms with Gasteiger partial charge in [0.2, 0.25) is 5.91 Å². The molecule has 0 radical (unpaired) electrons. The highest BCUT2D eigenvalue weighted by Crippen LogP contribution is 2.09. The molecule has 25 heavy (non-hydrogen) atoms. The van der Waals surface area contributed by atoms with E-state index in [1.165, 1.54) is 15.4 Å². The van der Waals surface area contributed by atoms with Crippen LogP contribution in [0.15, 0.2) is 56.7 Å². The Morgan fingerprint density at radius 2 is 1.92 bits per heavy atom. The first-order chi connectivity index (χ1) is 12.0. The Labute approximate surface area is 143 Å². The molecule has 0 bridgehead atoms. The van der Waals surface area contributed by atoms with Gasteiger partial charge in [-0.15, -0.1) is 0 Å². The van der Waals surface area contributed by atoms with E-state index in [0.29, 0.717) is 16.7 Å². The summed E-state index contributed by atoms with van der Waals surface area (Å²) in [5, 5.41) is 3.12. The fraction of sp³-hybridized carbons (Fsp3) is 0.278. The normalized spacial score (nSPS) is 11.2. The van der Waals surface area contributed by atoms with E-state index in [0.717, 1.165) is 0 Å². The monoisotopic (exact) mass is 341 g/mol. The lowest BCUT2D eigenvalue weighted by molar-refractivity contribution is -0.121. The van der Waals surface area contributed by atoms with E-state index in [1.54, 1.807) is 50.2 Å². The lowest BCUT2D eigenvalue weighted by atomic mass is 10.2. The van der Waals surface area contributed by atoms with E-state index in [9.17, 15) is 14.4 Å². The molecule has 1 aromatic carbocycles. The Morgan fingerprint density at radius 3 is 2.60 bits per heavy atom. The first-order valence-corrected chi connectivity index (χ1v) is 8.02. The fourth-order valence-corrected chi connectivity index (χ4v) is 2.75. The van der Waals surface area contributed by atoms with Gasteiger partial charge >= 0.3 is 5.69 Å². The Balaban J connectivity index is 1.99. The number of amides is 1. The lowest BCUT2D eigenvalue weighted by Crippen LogP contribution is -2.43. The molecule has 1 N–H and O–H groups in total. The number of carbonyl (C=O) groups excluding carboxylic acids is 1. The molecule has 130 valence electrons. The molecular formula is C18H19N3O4. The third kappa shape index (κ3) is 3.26. The average molecular weight is 341 g/mol. The van der Waals surface area contributed by atoms with Crippen molar-refractivity contribution in [2.75, 3.05) is 0 Å². The largest absolute Gasteiger partial charge is 0.467 e. The minimum atomic E-state index is -0.494. The maximum atomic E-state index is 12.7. The summed E-state index contributed by atoms with van der Waals surface area (Å²) in [7, 11) is 0. The molecule has 0 atom stereocenters. The molecule has 7 heteroatoms. The number of aromatic nitrogens is 2. The average Bonchev–Trinajstić information content (AvgIpc) is 3.10. The van der Waals surface area contributed by atoms with Crippen LogP contribution < -0.4 is 16.6 Å². The topological polar surface area (TPSA) is 86.2 Å². The number of furan rings is 1. The molecule has 1 amide bonds. The summed E-state index contributed by atoms with van der Waals surface area (Å²) >= 11 is 0. The number of rotatable bonds is 5. The Kier molecular flexibility index (Phi) is 4.56. The third-order valence-corrected chi connectivity index (χ3v) is 3.94. The minimum absolute atomic E-state index is 0.174. The van der Waals surface area contributed by atoms with Crippen molar-refractivity contribution in [2.45, 2.75) is 33.0 Å². The van der Waals surface area contributed by atoms with E-state index in [2.05, 4.69) is 5.32 Å². The van der Waals surface area contributed by atoms with E-state index in [-0.39, 0.29) is 30.6 Å². The van der Waals surface area contributed by atoms with Gasteiger partial charge in [0, 0.05) is 6.04 Å². The first kappa shape index (κ1) is 16.8. The molecular weight excluding hydrogens is 322 g/mol. The van der Waals surface area contributed by atoms with Gasteiger partial charge in [-0.1, -0.05) is 12.1 Å². The summed E-state index contributed by atoms with van der Waals surface area (Å²) < 4.78 is 7.66. The van der Waals surface area contributed by atoms with Gasteiger partial charge in [-0.25, -0.2) is 4.79 Å². The van der Waals surface area contributed by atoms with Crippen molar-refractivity contribution in [3.8, 4) is 0 Å². The van der Waals surface area contributed by atoms with Crippen molar-refractivity contribution in [3.05, 3.63) is 69.3 Å². The van der Waals surface area contributed by atoms with Gasteiger partial charge in [-0.2, -0.15) is 0 Å². The van der Waals surface area contributed by atoms with Crippen LogP contribution >= 0.6 is 0 Å². The molecule has 7 nitrogen and oxygen atoms in total. The summed E-state index contributed by atoms with van der Waals surface area (Å²) in [6.45, 7) is 3.59. The molecule has 0 aliphatic heterocycles. The van der Waals surface area contributed by atoms with E-state index >= 15 is 0 Å². The van der Waals surface area contributed by atoms with E-state index in [1.807, 2.05) is 0 Å². The van der Waals surface area contributed by atoms with Crippen LogP contribution in [0, 0.1) is 0 Å². The second-order valence-electron chi connectivity index (χ2n) is 6.01. The van der Waals surface area contributed by atoms with Crippen molar-refractivity contribution >= 4 is 16.8 Å². The van der Waals surface area contributed by atoms with Crippen LogP contribution in [0.2, 0.25) is 0 Å². The zero-order chi connectivity index (χ0) is 18.0. The second kappa shape index (κ2) is 6.80. The maximum absolute atomic E-state index is 12.7. The van der Waals surface area contributed by atoms with E-state index in [4.69, 9.17) is 4.42 Å². The number of para-hydroxylation sites is 1. The molecule has 0 fully saturated rings. The minimum Gasteiger partial charge on any atom is -0.467 e. The van der Waals surface area contributed by atoms with Gasteiger partial charge in [0.05, 0.1) is 23.7 Å². The standard InChI is InChI=1S/C18H19N3O4/c1-12(2)21-17(23)14-7-3-4-8-15(14)20(18(21)24)11-16(22)19-10-13-6-5-9-25-13/h3-9,12H,10-11H2,1-2H3,(H,19,22). The molecule has 0 spiro atoms. The van der Waals surface area contributed by atoms with Crippen molar-refractivity contribution < 1.29 is 9.21 Å². The molecule has 0 unspecified atom stereocenters. The van der Waals surface area contributed by atoms with Crippen molar-refractivity contribution in [1.82, 2.24) is 14.5 Å². The highest BCUT2D eigenvalue weighted by molar-refractivity contribution is 5.81. The molecule has 0 saturated heterocycles. The molecule has 2 heterocycles. The van der Waals surface area contributed by atoms with Crippen LogP contribution in [0.4, 0.5) is 0 Å². The maximum Gasteiger partial charge on any atom is 0.332 e. The van der Waals surface area contributed by atoms with Crippen LogP contribution in [-0.4, -0.2) is 15.0 Å².